The van der Waals surface area contributed by atoms with Crippen LogP contribution in [-0.4, -0.2) is 17.7 Å². The molecule has 0 heterocycles. The minimum Gasteiger partial charge on any atom is -0.399 e. The van der Waals surface area contributed by atoms with Gasteiger partial charge in [0.15, 0.2) is 5.76 Å². The molecule has 0 bridgehead atoms. The third-order valence-electron chi connectivity index (χ3n) is 5.59. The zero-order valence-corrected chi connectivity index (χ0v) is 19.0. The number of hydrogen-bond donors (Lipinski definition) is 1. The monoisotopic (exact) mass is 426 g/mol. The molecule has 158 valence electrons. The van der Waals surface area contributed by atoms with E-state index in [1.165, 1.54) is 5.57 Å². The van der Waals surface area contributed by atoms with Crippen molar-refractivity contribution in [2.24, 2.45) is 5.16 Å². The third kappa shape index (κ3) is 4.48. The van der Waals surface area contributed by atoms with Crippen molar-refractivity contribution in [1.82, 2.24) is 0 Å². The highest BCUT2D eigenvalue weighted by atomic mass is 31.1. The largest absolute Gasteiger partial charge is 0.747 e. The lowest BCUT2D eigenvalue weighted by Gasteiger charge is -2.24. The van der Waals surface area contributed by atoms with Gasteiger partial charge in [-0.25, -0.2) is 4.52 Å². The Hall–Kier alpha value is -2.49. The highest BCUT2D eigenvalue weighted by molar-refractivity contribution is 7.32. The van der Waals surface area contributed by atoms with Gasteiger partial charge in [0.05, 0.1) is 5.71 Å². The molecule has 0 aliphatic heterocycles. The number of fused-ring (bicyclic) bond motifs is 1. The zero-order valence-electron chi connectivity index (χ0n) is 18.1. The average molecular weight is 426 g/mol. The van der Waals surface area contributed by atoms with Gasteiger partial charge in [-0.05, 0) is 54.5 Å². The zero-order chi connectivity index (χ0) is 21.7. The predicted molar refractivity (Wildman–Crippen MR) is 123 cm³/mol. The Balaban J connectivity index is 2.41. The first kappa shape index (κ1) is 22.2. The molecule has 1 unspecified atom stereocenters. The Kier molecular flexibility index (Phi) is 7.41. The fraction of sp³-hybridized carbons (Fsp3) is 0.375. The Morgan fingerprint density at radius 1 is 1.13 bits per heavy atom. The summed E-state index contributed by atoms with van der Waals surface area (Å²) < 4.78 is 16.8. The second-order valence-electron chi connectivity index (χ2n) is 7.38. The summed E-state index contributed by atoms with van der Waals surface area (Å²) in [6.45, 7) is 6.14. The molecule has 1 aliphatic carbocycles. The van der Waals surface area contributed by atoms with Crippen molar-refractivity contribution in [3.05, 3.63) is 58.9 Å². The molecule has 0 saturated heterocycles. The van der Waals surface area contributed by atoms with Crippen LogP contribution >= 0.6 is 8.25 Å². The van der Waals surface area contributed by atoms with E-state index in [2.05, 4.69) is 36.3 Å². The van der Waals surface area contributed by atoms with Gasteiger partial charge in [0.2, 0.25) is 0 Å². The van der Waals surface area contributed by atoms with Gasteiger partial charge in [0.1, 0.15) is 7.11 Å². The van der Waals surface area contributed by atoms with Crippen LogP contribution in [0.5, 0.6) is 0 Å². The minimum atomic E-state index is -2.72. The molecule has 0 fully saturated rings. The third-order valence-corrected chi connectivity index (χ3v) is 5.96. The number of oxime groups is 1. The van der Waals surface area contributed by atoms with Crippen LogP contribution in [0.3, 0.4) is 0 Å². The van der Waals surface area contributed by atoms with Crippen molar-refractivity contribution >= 4 is 35.9 Å². The molecule has 6 heteroatoms. The molecule has 0 radical (unpaired) electrons. The summed E-state index contributed by atoms with van der Waals surface area (Å²) >= 11 is 0. The first-order chi connectivity index (χ1) is 14.5. The highest BCUT2D eigenvalue weighted by Gasteiger charge is 2.27. The van der Waals surface area contributed by atoms with E-state index in [1.54, 1.807) is 7.11 Å². The topological polar surface area (TPSA) is 68.1 Å². The SMILES string of the molecule is CC/C(O[P+](=O)O)=C(/CC)c1ccc2ccccc2c1C1=C(C)CCC/C1=N\OC. The summed E-state index contributed by atoms with van der Waals surface area (Å²) in [6, 6.07) is 12.5. The van der Waals surface area contributed by atoms with Crippen molar-refractivity contribution in [3.8, 4) is 0 Å². The maximum atomic E-state index is 11.5. The predicted octanol–water partition coefficient (Wildman–Crippen LogP) is 7.00. The fourth-order valence-electron chi connectivity index (χ4n) is 4.33. The van der Waals surface area contributed by atoms with E-state index >= 15 is 0 Å². The van der Waals surface area contributed by atoms with Crippen LogP contribution in [0.15, 0.2) is 52.9 Å². The number of hydrogen-bond acceptors (Lipinski definition) is 4. The first-order valence-corrected chi connectivity index (χ1v) is 11.5. The maximum Gasteiger partial charge on any atom is 0.747 e. The van der Waals surface area contributed by atoms with Gasteiger partial charge in [0.25, 0.3) is 0 Å². The molecule has 1 atom stereocenters. The molecule has 3 rings (SSSR count). The Bertz CT molecular complexity index is 1050. The van der Waals surface area contributed by atoms with E-state index < -0.39 is 8.25 Å². The lowest BCUT2D eigenvalue weighted by atomic mass is 9.80. The molecule has 2 aromatic carbocycles. The molecule has 0 saturated carbocycles. The van der Waals surface area contributed by atoms with Crippen LogP contribution in [0.4, 0.5) is 0 Å². The summed E-state index contributed by atoms with van der Waals surface area (Å²) in [7, 11) is -1.14. The second kappa shape index (κ2) is 10.0. The van der Waals surface area contributed by atoms with Gasteiger partial charge in [-0.1, -0.05) is 61.0 Å². The van der Waals surface area contributed by atoms with Gasteiger partial charge in [-0.3, -0.25) is 0 Å². The number of rotatable bonds is 7. The van der Waals surface area contributed by atoms with Crippen molar-refractivity contribution in [1.29, 1.82) is 0 Å². The Morgan fingerprint density at radius 2 is 1.90 bits per heavy atom. The minimum absolute atomic E-state index is 0.536. The van der Waals surface area contributed by atoms with Crippen LogP contribution in [0.2, 0.25) is 0 Å². The molecule has 0 spiro atoms. The smallest absolute Gasteiger partial charge is 0.399 e. The Labute approximate surface area is 179 Å². The van der Waals surface area contributed by atoms with Crippen molar-refractivity contribution in [2.75, 3.05) is 7.11 Å². The lowest BCUT2D eigenvalue weighted by Crippen LogP contribution is -2.13. The quantitative estimate of drug-likeness (QED) is 0.294. The molecule has 1 N–H and O–H groups in total. The van der Waals surface area contributed by atoms with Crippen molar-refractivity contribution < 1.29 is 18.8 Å². The molecule has 30 heavy (non-hydrogen) atoms. The van der Waals surface area contributed by atoms with Gasteiger partial charge in [-0.15, -0.1) is 4.89 Å². The molecule has 0 aromatic heterocycles. The van der Waals surface area contributed by atoms with Crippen molar-refractivity contribution in [3.63, 3.8) is 0 Å². The van der Waals surface area contributed by atoms with E-state index in [1.807, 2.05) is 26.0 Å². The Morgan fingerprint density at radius 3 is 2.57 bits per heavy atom. The van der Waals surface area contributed by atoms with Gasteiger partial charge < -0.3 is 4.84 Å². The normalized spacial score (nSPS) is 17.2. The fourth-order valence-corrected chi connectivity index (χ4v) is 4.76. The van der Waals surface area contributed by atoms with E-state index in [-0.39, 0.29) is 0 Å². The van der Waals surface area contributed by atoms with Gasteiger partial charge in [-0.2, -0.15) is 0 Å². The average Bonchev–Trinajstić information content (AvgIpc) is 2.74. The molecular formula is C24H29NO4P+. The summed E-state index contributed by atoms with van der Waals surface area (Å²) in [4.78, 5) is 14.6. The first-order valence-electron chi connectivity index (χ1n) is 10.4. The number of nitrogens with zero attached hydrogens (tertiary/aromatic N) is 1. The summed E-state index contributed by atoms with van der Waals surface area (Å²) in [5, 5.41) is 6.63. The van der Waals surface area contributed by atoms with Gasteiger partial charge in [0, 0.05) is 22.1 Å². The second-order valence-corrected chi connectivity index (χ2v) is 8.03. The maximum absolute atomic E-state index is 11.5. The van der Waals surface area contributed by atoms with E-state index in [4.69, 9.17) is 9.36 Å². The van der Waals surface area contributed by atoms with E-state index in [0.29, 0.717) is 18.6 Å². The van der Waals surface area contributed by atoms with E-state index in [9.17, 15) is 9.46 Å². The number of benzene rings is 2. The molecule has 5 nitrogen and oxygen atoms in total. The molecular weight excluding hydrogens is 397 g/mol. The summed E-state index contributed by atoms with van der Waals surface area (Å²) in [6.07, 6.45) is 4.12. The van der Waals surface area contributed by atoms with Crippen LogP contribution in [-0.2, 0) is 13.9 Å². The molecule has 0 amide bonds. The van der Waals surface area contributed by atoms with Crippen LogP contribution < -0.4 is 0 Å². The summed E-state index contributed by atoms with van der Waals surface area (Å²) in [5.41, 5.74) is 6.40. The van der Waals surface area contributed by atoms with Crippen LogP contribution in [0.1, 0.15) is 64.0 Å². The highest BCUT2D eigenvalue weighted by Crippen LogP contribution is 2.41. The van der Waals surface area contributed by atoms with Crippen molar-refractivity contribution in [2.45, 2.75) is 52.9 Å². The standard InChI is InChI=1S/C24H28NO4P/c1-5-18(22(6-2)29-30(26)27)20-15-14-17-11-7-8-12-19(17)24(20)23-16(3)10-9-13-21(23)25-28-4/h7-8,11-12,14-15H,5-6,9-10,13H2,1-4H3/p+1/b22-18+,25-21+. The summed E-state index contributed by atoms with van der Waals surface area (Å²) in [5.74, 6) is 0.553. The molecule has 2 aromatic rings. The van der Waals surface area contributed by atoms with Crippen LogP contribution in [0, 0.1) is 0 Å². The lowest BCUT2D eigenvalue weighted by molar-refractivity contribution is 0.213. The number of allylic oxidation sites excluding steroid dienone is 4. The van der Waals surface area contributed by atoms with E-state index in [0.717, 1.165) is 58.0 Å². The van der Waals surface area contributed by atoms with Crippen LogP contribution in [0.25, 0.3) is 21.9 Å². The van der Waals surface area contributed by atoms with Gasteiger partial charge >= 0.3 is 8.25 Å². The molecule has 1 aliphatic rings.